The quantitative estimate of drug-likeness (QED) is 0.502. The molecular formula is C15H20N2OS2. The van der Waals surface area contributed by atoms with Gasteiger partial charge >= 0.3 is 0 Å². The van der Waals surface area contributed by atoms with Gasteiger partial charge in [-0.25, -0.2) is 5.84 Å². The molecule has 5 heteroatoms. The number of benzene rings is 1. The highest BCUT2D eigenvalue weighted by atomic mass is 32.2. The van der Waals surface area contributed by atoms with Crippen LogP contribution in [0.25, 0.3) is 10.1 Å². The molecule has 0 saturated heterocycles. The van der Waals surface area contributed by atoms with Crippen molar-refractivity contribution >= 4 is 39.1 Å². The smallest absolute Gasteiger partial charge is 0.275 e. The molecule has 20 heavy (non-hydrogen) atoms. The number of hydrogen-bond donors (Lipinski definition) is 2. The SMILES string of the molecule is CC(C)C(C)SCc1c(C(=O)NN)sc2ccccc12. The minimum atomic E-state index is -0.195. The first-order valence-corrected chi connectivity index (χ1v) is 8.54. The molecule has 0 aliphatic rings. The van der Waals surface area contributed by atoms with E-state index in [2.05, 4.69) is 32.3 Å². The van der Waals surface area contributed by atoms with E-state index >= 15 is 0 Å². The third-order valence-corrected chi connectivity index (χ3v) is 6.20. The molecule has 0 bridgehead atoms. The molecule has 0 fully saturated rings. The van der Waals surface area contributed by atoms with Crippen molar-refractivity contribution in [2.24, 2.45) is 11.8 Å². The van der Waals surface area contributed by atoms with Crippen molar-refractivity contribution in [2.75, 3.05) is 0 Å². The molecule has 1 atom stereocenters. The summed E-state index contributed by atoms with van der Waals surface area (Å²) in [7, 11) is 0. The highest BCUT2D eigenvalue weighted by molar-refractivity contribution is 7.99. The van der Waals surface area contributed by atoms with Gasteiger partial charge in [-0.1, -0.05) is 39.0 Å². The summed E-state index contributed by atoms with van der Waals surface area (Å²) in [5.41, 5.74) is 3.36. The molecule has 1 aromatic carbocycles. The van der Waals surface area contributed by atoms with Crippen LogP contribution in [0.15, 0.2) is 24.3 Å². The monoisotopic (exact) mass is 308 g/mol. The van der Waals surface area contributed by atoms with Gasteiger partial charge in [-0.05, 0) is 22.9 Å². The number of amides is 1. The number of carbonyl (C=O) groups is 1. The van der Waals surface area contributed by atoms with Crippen molar-refractivity contribution < 1.29 is 4.79 Å². The van der Waals surface area contributed by atoms with Gasteiger partial charge in [-0.3, -0.25) is 10.2 Å². The van der Waals surface area contributed by atoms with Gasteiger partial charge in [0.05, 0.1) is 4.88 Å². The minimum absolute atomic E-state index is 0.195. The first-order chi connectivity index (χ1) is 9.54. The Hall–Kier alpha value is -1.04. The van der Waals surface area contributed by atoms with Crippen LogP contribution in [-0.4, -0.2) is 11.2 Å². The number of nitrogens with one attached hydrogen (secondary N) is 1. The molecule has 3 nitrogen and oxygen atoms in total. The van der Waals surface area contributed by atoms with Crippen LogP contribution in [0, 0.1) is 5.92 Å². The Morgan fingerprint density at radius 1 is 1.35 bits per heavy atom. The van der Waals surface area contributed by atoms with Crippen LogP contribution in [0.3, 0.4) is 0 Å². The van der Waals surface area contributed by atoms with Crippen LogP contribution < -0.4 is 11.3 Å². The highest BCUT2D eigenvalue weighted by Gasteiger charge is 2.18. The highest BCUT2D eigenvalue weighted by Crippen LogP contribution is 2.35. The second-order valence-electron chi connectivity index (χ2n) is 5.14. The van der Waals surface area contributed by atoms with E-state index in [0.29, 0.717) is 11.2 Å². The first kappa shape index (κ1) is 15.4. The van der Waals surface area contributed by atoms with Crippen LogP contribution in [0.1, 0.15) is 36.0 Å². The van der Waals surface area contributed by atoms with E-state index in [-0.39, 0.29) is 5.91 Å². The van der Waals surface area contributed by atoms with Gasteiger partial charge in [0.2, 0.25) is 0 Å². The zero-order valence-corrected chi connectivity index (χ0v) is 13.6. The lowest BCUT2D eigenvalue weighted by Gasteiger charge is -2.15. The molecule has 0 aliphatic carbocycles. The number of fused-ring (bicyclic) bond motifs is 1. The third kappa shape index (κ3) is 3.16. The number of hydrazine groups is 1. The normalized spacial score (nSPS) is 12.8. The standard InChI is InChI=1S/C15H20N2OS2/c1-9(2)10(3)19-8-12-11-6-4-5-7-13(11)20-14(12)15(18)17-16/h4-7,9-10H,8,16H2,1-3H3,(H,17,18). The van der Waals surface area contributed by atoms with Crippen molar-refractivity contribution in [3.63, 3.8) is 0 Å². The second-order valence-corrected chi connectivity index (χ2v) is 7.56. The fourth-order valence-electron chi connectivity index (χ4n) is 1.90. The molecule has 0 aliphatic heterocycles. The number of nitrogen functional groups attached to an aromatic ring is 1. The molecule has 1 amide bonds. The molecule has 108 valence electrons. The van der Waals surface area contributed by atoms with Crippen molar-refractivity contribution in [1.82, 2.24) is 5.43 Å². The van der Waals surface area contributed by atoms with Crippen molar-refractivity contribution in [1.29, 1.82) is 0 Å². The Morgan fingerprint density at radius 3 is 2.70 bits per heavy atom. The Kier molecular flexibility index (Phi) is 5.07. The molecule has 0 saturated carbocycles. The zero-order valence-electron chi connectivity index (χ0n) is 12.0. The predicted molar refractivity (Wildman–Crippen MR) is 89.1 cm³/mol. The molecule has 3 N–H and O–H groups in total. The summed E-state index contributed by atoms with van der Waals surface area (Å²) in [5.74, 6) is 6.57. The van der Waals surface area contributed by atoms with E-state index in [4.69, 9.17) is 5.84 Å². The number of carbonyl (C=O) groups excluding carboxylic acids is 1. The topological polar surface area (TPSA) is 55.1 Å². The summed E-state index contributed by atoms with van der Waals surface area (Å²) in [6.45, 7) is 6.67. The molecule has 1 aromatic heterocycles. The number of nitrogens with two attached hydrogens (primary N) is 1. The summed E-state index contributed by atoms with van der Waals surface area (Å²) in [5, 5.41) is 1.72. The molecule has 1 heterocycles. The van der Waals surface area contributed by atoms with E-state index in [0.717, 1.165) is 20.9 Å². The van der Waals surface area contributed by atoms with Gasteiger partial charge in [-0.2, -0.15) is 11.8 Å². The number of thiophene rings is 1. The molecule has 2 rings (SSSR count). The molecule has 0 radical (unpaired) electrons. The van der Waals surface area contributed by atoms with Crippen molar-refractivity contribution in [3.05, 3.63) is 34.7 Å². The van der Waals surface area contributed by atoms with E-state index in [9.17, 15) is 4.79 Å². The second kappa shape index (κ2) is 6.61. The lowest BCUT2D eigenvalue weighted by molar-refractivity contribution is 0.0957. The van der Waals surface area contributed by atoms with Gasteiger partial charge in [0.15, 0.2) is 0 Å². The van der Waals surface area contributed by atoms with Crippen LogP contribution in [0.5, 0.6) is 0 Å². The summed E-state index contributed by atoms with van der Waals surface area (Å²) in [6.07, 6.45) is 0. The average Bonchev–Trinajstić information content (AvgIpc) is 2.82. The molecule has 2 aromatic rings. The summed E-state index contributed by atoms with van der Waals surface area (Å²) < 4.78 is 1.14. The molecular weight excluding hydrogens is 288 g/mol. The Bertz CT molecular complexity index is 607. The van der Waals surface area contributed by atoms with Gasteiger partial charge in [0.25, 0.3) is 5.91 Å². The summed E-state index contributed by atoms with van der Waals surface area (Å²) in [4.78, 5) is 12.7. The molecule has 1 unspecified atom stereocenters. The van der Waals surface area contributed by atoms with Crippen LogP contribution in [-0.2, 0) is 5.75 Å². The Labute approximate surface area is 127 Å². The number of thioether (sulfide) groups is 1. The number of rotatable bonds is 5. The number of hydrogen-bond acceptors (Lipinski definition) is 4. The van der Waals surface area contributed by atoms with E-state index in [1.165, 1.54) is 16.7 Å². The maximum absolute atomic E-state index is 11.9. The molecule has 0 spiro atoms. The van der Waals surface area contributed by atoms with E-state index < -0.39 is 0 Å². The Balaban J connectivity index is 2.35. The first-order valence-electron chi connectivity index (χ1n) is 6.67. The van der Waals surface area contributed by atoms with Crippen LogP contribution in [0.4, 0.5) is 0 Å². The van der Waals surface area contributed by atoms with E-state index in [1.807, 2.05) is 30.0 Å². The lowest BCUT2D eigenvalue weighted by atomic mass is 10.1. The van der Waals surface area contributed by atoms with Crippen LogP contribution >= 0.6 is 23.1 Å². The zero-order chi connectivity index (χ0) is 14.7. The Morgan fingerprint density at radius 2 is 2.05 bits per heavy atom. The van der Waals surface area contributed by atoms with E-state index in [1.54, 1.807) is 0 Å². The van der Waals surface area contributed by atoms with Gasteiger partial charge in [-0.15, -0.1) is 11.3 Å². The third-order valence-electron chi connectivity index (χ3n) is 3.47. The average molecular weight is 308 g/mol. The fraction of sp³-hybridized carbons (Fsp3) is 0.400. The van der Waals surface area contributed by atoms with Crippen molar-refractivity contribution in [2.45, 2.75) is 31.8 Å². The largest absolute Gasteiger partial charge is 0.289 e. The summed E-state index contributed by atoms with van der Waals surface area (Å²) >= 11 is 3.40. The van der Waals surface area contributed by atoms with Gasteiger partial charge in [0, 0.05) is 15.7 Å². The summed E-state index contributed by atoms with van der Waals surface area (Å²) in [6, 6.07) is 8.14. The van der Waals surface area contributed by atoms with Crippen molar-refractivity contribution in [3.8, 4) is 0 Å². The fourth-order valence-corrected chi connectivity index (χ4v) is 4.23. The maximum Gasteiger partial charge on any atom is 0.275 e. The predicted octanol–water partition coefficient (Wildman–Crippen LogP) is 3.78. The van der Waals surface area contributed by atoms with Crippen LogP contribution in [0.2, 0.25) is 0 Å². The minimum Gasteiger partial charge on any atom is -0.289 e. The lowest BCUT2D eigenvalue weighted by Crippen LogP contribution is -2.29. The van der Waals surface area contributed by atoms with Gasteiger partial charge in [0.1, 0.15) is 0 Å². The van der Waals surface area contributed by atoms with Gasteiger partial charge < -0.3 is 0 Å². The maximum atomic E-state index is 11.9.